The van der Waals surface area contributed by atoms with E-state index in [9.17, 15) is 0 Å². The fraction of sp³-hybridized carbons (Fsp3) is 0.103. The molecule has 0 aliphatic heterocycles. The average molecular weight is 1230 g/mol. The second-order valence-corrected chi connectivity index (χ2v) is 26.4. The highest BCUT2D eigenvalue weighted by molar-refractivity contribution is 5.99. The summed E-state index contributed by atoms with van der Waals surface area (Å²) in [5.41, 5.74) is 19.3. The summed E-state index contributed by atoms with van der Waals surface area (Å²) in [7, 11) is 0. The van der Waals surface area contributed by atoms with Gasteiger partial charge in [-0.05, 0) is 116 Å². The SMILES string of the molecule is CC(C)(C)c1ccc(N(c2cccc(-c3nc(-c4ccccc4)nc(-c4ccccc4)n3)c2)c2cc3c(cc2N(c2ccc(C(C)(C)C)cc2)c2cccc(-c4nc(-c5ccccc5)nc(-c5ccccc5)n4)c2)C(c2ccccc2)(c2ccccc2)c2ccccc2-3)cc1. The van der Waals surface area contributed by atoms with Crippen LogP contribution in [0.15, 0.2) is 315 Å². The first-order valence-corrected chi connectivity index (χ1v) is 32.5. The zero-order chi connectivity index (χ0) is 64.7. The molecule has 0 amide bonds. The number of hydrogen-bond acceptors (Lipinski definition) is 8. The Morgan fingerprint density at radius 3 is 0.905 bits per heavy atom. The first-order chi connectivity index (χ1) is 46.3. The van der Waals surface area contributed by atoms with Gasteiger partial charge < -0.3 is 9.80 Å². The van der Waals surface area contributed by atoms with Crippen LogP contribution >= 0.6 is 0 Å². The lowest BCUT2D eigenvalue weighted by molar-refractivity contribution is 0.590. The predicted octanol–water partition coefficient (Wildman–Crippen LogP) is 22.0. The normalized spacial score (nSPS) is 12.4. The Morgan fingerprint density at radius 1 is 0.242 bits per heavy atom. The number of rotatable bonds is 14. The Hall–Kier alpha value is -11.7. The maximum absolute atomic E-state index is 5.30. The molecular weight excluding hydrogens is 1160 g/mol. The Labute approximate surface area is 556 Å². The zero-order valence-corrected chi connectivity index (χ0v) is 54.1. The molecule has 0 spiro atoms. The third-order valence-electron chi connectivity index (χ3n) is 18.1. The molecule has 0 saturated heterocycles. The Bertz CT molecular complexity index is 4900. The van der Waals surface area contributed by atoms with Crippen molar-refractivity contribution in [2.45, 2.75) is 57.8 Å². The molecule has 0 saturated carbocycles. The van der Waals surface area contributed by atoms with Gasteiger partial charge in [-0.2, -0.15) is 0 Å². The van der Waals surface area contributed by atoms with E-state index in [1.54, 1.807) is 0 Å². The molecule has 0 bridgehead atoms. The summed E-state index contributed by atoms with van der Waals surface area (Å²) < 4.78 is 0. The van der Waals surface area contributed by atoms with Crippen molar-refractivity contribution >= 4 is 34.1 Å². The van der Waals surface area contributed by atoms with Crippen LogP contribution in [0.5, 0.6) is 0 Å². The smallest absolute Gasteiger partial charge is 0.164 e. The van der Waals surface area contributed by atoms with Crippen molar-refractivity contribution in [3.8, 4) is 79.5 Å². The number of fused-ring (bicyclic) bond motifs is 3. The molecule has 1 aliphatic carbocycles. The van der Waals surface area contributed by atoms with Crippen LogP contribution < -0.4 is 9.80 Å². The van der Waals surface area contributed by atoms with Crippen molar-refractivity contribution in [2.75, 3.05) is 9.80 Å². The van der Waals surface area contributed by atoms with E-state index in [4.69, 9.17) is 29.9 Å². The number of nitrogens with zero attached hydrogens (tertiary/aromatic N) is 8. The summed E-state index contributed by atoms with van der Waals surface area (Å²) in [4.78, 5) is 36.3. The van der Waals surface area contributed by atoms with Crippen molar-refractivity contribution in [3.63, 3.8) is 0 Å². The molecule has 2 heterocycles. The lowest BCUT2D eigenvalue weighted by Crippen LogP contribution is -2.29. The van der Waals surface area contributed by atoms with Gasteiger partial charge in [-0.3, -0.25) is 0 Å². The highest BCUT2D eigenvalue weighted by Gasteiger charge is 2.47. The maximum atomic E-state index is 5.30. The Morgan fingerprint density at radius 2 is 0.547 bits per heavy atom. The molecule has 0 unspecified atom stereocenters. The summed E-state index contributed by atoms with van der Waals surface area (Å²) in [5, 5.41) is 0. The van der Waals surface area contributed by atoms with Crippen LogP contribution in [-0.2, 0) is 16.2 Å². The summed E-state index contributed by atoms with van der Waals surface area (Å²) >= 11 is 0. The maximum Gasteiger partial charge on any atom is 0.164 e. The van der Waals surface area contributed by atoms with Crippen LogP contribution in [0.1, 0.15) is 74.9 Å². The first kappa shape index (κ1) is 59.6. The molecule has 0 fully saturated rings. The van der Waals surface area contributed by atoms with Gasteiger partial charge in [0.05, 0.1) is 16.8 Å². The van der Waals surface area contributed by atoms with Gasteiger partial charge in [-0.25, -0.2) is 29.9 Å². The molecule has 1 aliphatic rings. The van der Waals surface area contributed by atoms with E-state index in [2.05, 4.69) is 294 Å². The number of hydrogen-bond donors (Lipinski definition) is 0. The van der Waals surface area contributed by atoms with Gasteiger partial charge in [-0.15, -0.1) is 0 Å². The van der Waals surface area contributed by atoms with Crippen LogP contribution in [0.2, 0.25) is 0 Å². The van der Waals surface area contributed by atoms with Crippen LogP contribution in [-0.4, -0.2) is 29.9 Å². The van der Waals surface area contributed by atoms with E-state index in [0.717, 1.165) is 84.2 Å². The number of aromatic nitrogens is 6. The van der Waals surface area contributed by atoms with Crippen molar-refractivity contribution in [2.24, 2.45) is 0 Å². The van der Waals surface area contributed by atoms with Gasteiger partial charge in [0.1, 0.15) is 0 Å². The summed E-state index contributed by atoms with van der Waals surface area (Å²) in [6, 6.07) is 112. The zero-order valence-electron chi connectivity index (χ0n) is 54.1. The molecule has 0 radical (unpaired) electrons. The van der Waals surface area contributed by atoms with E-state index in [-0.39, 0.29) is 10.8 Å². The number of benzene rings is 12. The van der Waals surface area contributed by atoms with Crippen LogP contribution in [0.4, 0.5) is 34.1 Å². The third-order valence-corrected chi connectivity index (χ3v) is 18.1. The van der Waals surface area contributed by atoms with E-state index < -0.39 is 5.41 Å². The van der Waals surface area contributed by atoms with Gasteiger partial charge >= 0.3 is 0 Å². The fourth-order valence-electron chi connectivity index (χ4n) is 13.3. The molecule has 15 rings (SSSR count). The molecule has 0 N–H and O–H groups in total. The van der Waals surface area contributed by atoms with Crippen LogP contribution in [0, 0.1) is 0 Å². The molecule has 8 heteroatoms. The van der Waals surface area contributed by atoms with Gasteiger partial charge in [0.2, 0.25) is 0 Å². The molecule has 0 atom stereocenters. The molecular formula is C87H70N8. The Kier molecular flexibility index (Phi) is 15.5. The number of anilines is 6. The minimum atomic E-state index is -0.747. The van der Waals surface area contributed by atoms with E-state index in [1.807, 2.05) is 72.8 Å². The second-order valence-electron chi connectivity index (χ2n) is 26.4. The fourth-order valence-corrected chi connectivity index (χ4v) is 13.3. The molecule has 458 valence electrons. The van der Waals surface area contributed by atoms with Crippen molar-refractivity contribution in [1.29, 1.82) is 0 Å². The van der Waals surface area contributed by atoms with E-state index in [1.165, 1.54) is 27.8 Å². The first-order valence-electron chi connectivity index (χ1n) is 32.5. The third kappa shape index (κ3) is 11.4. The van der Waals surface area contributed by atoms with Gasteiger partial charge in [-0.1, -0.05) is 296 Å². The highest BCUT2D eigenvalue weighted by Crippen LogP contribution is 2.60. The van der Waals surface area contributed by atoms with Crippen LogP contribution in [0.3, 0.4) is 0 Å². The average Bonchev–Trinajstić information content (AvgIpc) is 1.55. The second kappa shape index (κ2) is 24.7. The Balaban J connectivity index is 1.04. The lowest BCUT2D eigenvalue weighted by Gasteiger charge is -2.37. The van der Waals surface area contributed by atoms with Crippen molar-refractivity contribution < 1.29 is 0 Å². The summed E-state index contributed by atoms with van der Waals surface area (Å²) in [6.07, 6.45) is 0. The molecule has 8 nitrogen and oxygen atoms in total. The molecule has 95 heavy (non-hydrogen) atoms. The lowest BCUT2D eigenvalue weighted by atomic mass is 9.67. The minimum Gasteiger partial charge on any atom is -0.308 e. The monoisotopic (exact) mass is 1230 g/mol. The minimum absolute atomic E-state index is 0.112. The molecule has 12 aromatic carbocycles. The molecule has 2 aromatic heterocycles. The molecule has 14 aromatic rings. The topological polar surface area (TPSA) is 83.8 Å². The summed E-state index contributed by atoms with van der Waals surface area (Å²) in [6.45, 7) is 13.6. The van der Waals surface area contributed by atoms with Crippen LogP contribution in [0.25, 0.3) is 79.5 Å². The van der Waals surface area contributed by atoms with Gasteiger partial charge in [0.15, 0.2) is 34.9 Å². The van der Waals surface area contributed by atoms with E-state index >= 15 is 0 Å². The van der Waals surface area contributed by atoms with Gasteiger partial charge in [0, 0.05) is 56.1 Å². The largest absolute Gasteiger partial charge is 0.308 e. The summed E-state index contributed by atoms with van der Waals surface area (Å²) in [5.74, 6) is 3.48. The van der Waals surface area contributed by atoms with Crippen molar-refractivity contribution in [1.82, 2.24) is 29.9 Å². The standard InChI is InChI=1S/C87H70N8/c1-85(2,3)65-47-51-69(52-48-65)94(71-43-27-37-63(55-71)83-90-79(59-29-13-7-14-30-59)88-80(91-83)60-31-15-8-16-32-60)77-57-74-73-45-25-26-46-75(73)87(67-39-21-11-22-40-67,68-41-23-12-24-42-68)76(74)58-78(77)95(70-53-49-66(50-54-70)86(4,5)6)72-44-28-38-64(56-72)84-92-81(61-33-17-9-18-34-61)89-82(93-84)62-35-19-10-20-36-62/h7-58H,1-6H3. The predicted molar refractivity (Wildman–Crippen MR) is 390 cm³/mol. The highest BCUT2D eigenvalue weighted by atomic mass is 15.2. The van der Waals surface area contributed by atoms with Gasteiger partial charge in [0.25, 0.3) is 0 Å². The van der Waals surface area contributed by atoms with E-state index in [0.29, 0.717) is 34.9 Å². The quantitative estimate of drug-likeness (QED) is 0.106. The van der Waals surface area contributed by atoms with Crippen molar-refractivity contribution in [3.05, 3.63) is 349 Å².